The molecule has 0 N–H and O–H groups in total. The van der Waals surface area contributed by atoms with Crippen LogP contribution in [0.5, 0.6) is 5.75 Å². The fourth-order valence-corrected chi connectivity index (χ4v) is 4.92. The Morgan fingerprint density at radius 3 is 2.04 bits per heavy atom. The Kier molecular flexibility index (Phi) is 4.88. The van der Waals surface area contributed by atoms with Gasteiger partial charge >= 0.3 is 0 Å². The molecule has 140 valence electrons. The third kappa shape index (κ3) is 4.05. The molecule has 1 aliphatic heterocycles. The smallest absolute Gasteiger partial charge is 0.134 e. The first kappa shape index (κ1) is 20.3. The normalized spacial score (nSPS) is 17.6. The maximum Gasteiger partial charge on any atom is 0.134 e. The summed E-state index contributed by atoms with van der Waals surface area (Å²) < 4.78 is 6.61. The molecule has 1 aromatic carbocycles. The first-order valence-electron chi connectivity index (χ1n) is 9.60. The zero-order chi connectivity index (χ0) is 19.4. The van der Waals surface area contributed by atoms with Crippen LogP contribution in [0.2, 0.25) is 24.2 Å². The van der Waals surface area contributed by atoms with Gasteiger partial charge in [0.25, 0.3) is 0 Å². The van der Waals surface area contributed by atoms with Crippen molar-refractivity contribution in [3.63, 3.8) is 0 Å². The van der Waals surface area contributed by atoms with Crippen LogP contribution in [-0.4, -0.2) is 8.07 Å². The second kappa shape index (κ2) is 6.01. The van der Waals surface area contributed by atoms with Crippen molar-refractivity contribution in [2.75, 3.05) is 0 Å². The number of hydrogen-bond donors (Lipinski definition) is 0. The van der Waals surface area contributed by atoms with E-state index >= 15 is 0 Å². The summed E-state index contributed by atoms with van der Waals surface area (Å²) in [6.07, 6.45) is 2.38. The summed E-state index contributed by atoms with van der Waals surface area (Å²) in [7, 11) is -1.44. The molecule has 0 saturated carbocycles. The summed E-state index contributed by atoms with van der Waals surface area (Å²) in [5, 5.41) is 0.363. The van der Waals surface area contributed by atoms with E-state index in [0.29, 0.717) is 5.04 Å². The van der Waals surface area contributed by atoms with E-state index in [2.05, 4.69) is 93.6 Å². The van der Waals surface area contributed by atoms with Crippen LogP contribution in [0.25, 0.3) is 0 Å². The van der Waals surface area contributed by atoms with E-state index in [1.165, 1.54) is 22.4 Å². The molecule has 2 rings (SSSR count). The molecule has 2 heteroatoms. The van der Waals surface area contributed by atoms with Crippen molar-refractivity contribution in [2.24, 2.45) is 0 Å². The van der Waals surface area contributed by atoms with Gasteiger partial charge in [-0.2, -0.15) is 0 Å². The van der Waals surface area contributed by atoms with Gasteiger partial charge in [0.05, 0.1) is 13.8 Å². The molecule has 25 heavy (non-hydrogen) atoms. The molecular weight excluding hydrogens is 320 g/mol. The number of ether oxygens (including phenoxy) is 1. The van der Waals surface area contributed by atoms with Crippen LogP contribution < -0.4 is 4.74 Å². The minimum atomic E-state index is -1.44. The summed E-state index contributed by atoms with van der Waals surface area (Å²) in [6.45, 7) is 25.8. The highest BCUT2D eigenvalue weighted by molar-refractivity contribution is 6.80. The minimum Gasteiger partial charge on any atom is -0.462 e. The second-order valence-electron chi connectivity index (χ2n) is 11.2. The van der Waals surface area contributed by atoms with Gasteiger partial charge in [0.2, 0.25) is 0 Å². The number of rotatable bonds is 2. The van der Waals surface area contributed by atoms with Crippen molar-refractivity contribution in [1.29, 1.82) is 0 Å². The molecule has 0 saturated heterocycles. The van der Waals surface area contributed by atoms with Gasteiger partial charge in [-0.05, 0) is 23.5 Å². The summed E-state index contributed by atoms with van der Waals surface area (Å²) >= 11 is 0. The van der Waals surface area contributed by atoms with Gasteiger partial charge in [-0.3, -0.25) is 0 Å². The van der Waals surface area contributed by atoms with E-state index in [-0.39, 0.29) is 10.8 Å². The average Bonchev–Trinajstić information content (AvgIpc) is 2.35. The summed E-state index contributed by atoms with van der Waals surface area (Å²) in [4.78, 5) is 0. The lowest BCUT2D eigenvalue weighted by Crippen LogP contribution is -2.39. The lowest BCUT2D eigenvalue weighted by Gasteiger charge is -2.40. The van der Waals surface area contributed by atoms with Crippen LogP contribution in [0.1, 0.15) is 72.1 Å². The van der Waals surface area contributed by atoms with Crippen LogP contribution in [0.3, 0.4) is 0 Å². The highest BCUT2D eigenvalue weighted by Gasteiger charge is 2.39. The topological polar surface area (TPSA) is 9.23 Å². The molecule has 0 aliphatic carbocycles. The van der Waals surface area contributed by atoms with Gasteiger partial charge in [0, 0.05) is 22.6 Å². The van der Waals surface area contributed by atoms with Crippen LogP contribution in [-0.2, 0) is 10.8 Å². The van der Waals surface area contributed by atoms with Gasteiger partial charge in [0.15, 0.2) is 0 Å². The van der Waals surface area contributed by atoms with Crippen LogP contribution >= 0.6 is 0 Å². The number of benzene rings is 1. The molecule has 0 radical (unpaired) electrons. The Hall–Kier alpha value is -1.02. The number of aryl methyl sites for hydroxylation is 1. The molecule has 1 nitrogen and oxygen atoms in total. The standard InChI is InChI=1S/C23H38OSi/c1-16-12-18(21(2,3)4)20-19(13-16)23(8,9)14-17(24-20)15-25(10,11)22(5,6)7/h12-14H,15H2,1-11H3. The number of allylic oxidation sites excluding steroid dienone is 2. The Bertz CT molecular complexity index is 694. The maximum atomic E-state index is 6.61. The fourth-order valence-electron chi connectivity index (χ4n) is 3.35. The zero-order valence-corrected chi connectivity index (χ0v) is 19.3. The molecule has 0 aromatic heterocycles. The van der Waals surface area contributed by atoms with Crippen molar-refractivity contribution in [2.45, 2.75) is 97.3 Å². The van der Waals surface area contributed by atoms with E-state index in [0.717, 1.165) is 11.8 Å². The zero-order valence-electron chi connectivity index (χ0n) is 18.3. The first-order valence-corrected chi connectivity index (χ1v) is 12.8. The van der Waals surface area contributed by atoms with Crippen molar-refractivity contribution in [3.8, 4) is 5.75 Å². The molecule has 1 heterocycles. The SMILES string of the molecule is Cc1cc(C(C)(C)C)c2c(c1)C(C)(C)C=C(C[Si](C)(C)C(C)(C)C)O2. The van der Waals surface area contributed by atoms with Crippen molar-refractivity contribution >= 4 is 8.07 Å². The fraction of sp³-hybridized carbons (Fsp3) is 0.652. The lowest BCUT2D eigenvalue weighted by atomic mass is 9.76. The van der Waals surface area contributed by atoms with Crippen molar-refractivity contribution < 1.29 is 4.74 Å². The van der Waals surface area contributed by atoms with Gasteiger partial charge in [-0.25, -0.2) is 0 Å². The monoisotopic (exact) mass is 358 g/mol. The van der Waals surface area contributed by atoms with Gasteiger partial charge in [-0.1, -0.05) is 86.2 Å². The lowest BCUT2D eigenvalue weighted by molar-refractivity contribution is 0.367. The highest BCUT2D eigenvalue weighted by Crippen LogP contribution is 2.48. The Balaban J connectivity index is 2.54. The molecule has 0 amide bonds. The number of fused-ring (bicyclic) bond motifs is 1. The summed E-state index contributed by atoms with van der Waals surface area (Å²) in [5.41, 5.74) is 4.07. The third-order valence-corrected chi connectivity index (χ3v) is 11.4. The molecule has 0 unspecified atom stereocenters. The van der Waals surface area contributed by atoms with Gasteiger partial charge < -0.3 is 4.74 Å². The minimum absolute atomic E-state index is 0.0112. The molecule has 0 bridgehead atoms. The Labute approximate surface area is 156 Å². The van der Waals surface area contributed by atoms with E-state index in [4.69, 9.17) is 4.74 Å². The largest absolute Gasteiger partial charge is 0.462 e. The summed E-state index contributed by atoms with van der Waals surface area (Å²) in [6, 6.07) is 5.71. The van der Waals surface area contributed by atoms with Crippen LogP contribution in [0, 0.1) is 6.92 Å². The Morgan fingerprint density at radius 2 is 1.56 bits per heavy atom. The Morgan fingerprint density at radius 1 is 1.00 bits per heavy atom. The average molecular weight is 359 g/mol. The third-order valence-electron chi connectivity index (χ3n) is 6.14. The van der Waals surface area contributed by atoms with Gasteiger partial charge in [-0.15, -0.1) is 0 Å². The summed E-state index contributed by atoms with van der Waals surface area (Å²) in [5.74, 6) is 2.29. The molecule has 0 fully saturated rings. The number of hydrogen-bond acceptors (Lipinski definition) is 1. The van der Waals surface area contributed by atoms with Crippen LogP contribution in [0.15, 0.2) is 24.0 Å². The molecular formula is C23H38OSi. The molecule has 0 spiro atoms. The predicted octanol–water partition coefficient (Wildman–Crippen LogP) is 7.35. The quantitative estimate of drug-likeness (QED) is 0.502. The highest BCUT2D eigenvalue weighted by atomic mass is 28.3. The van der Waals surface area contributed by atoms with Crippen molar-refractivity contribution in [1.82, 2.24) is 0 Å². The van der Waals surface area contributed by atoms with Crippen molar-refractivity contribution in [3.05, 3.63) is 40.7 Å². The molecule has 1 aliphatic rings. The molecule has 0 atom stereocenters. The van der Waals surface area contributed by atoms with Crippen LogP contribution in [0.4, 0.5) is 0 Å². The predicted molar refractivity (Wildman–Crippen MR) is 114 cm³/mol. The molecule has 1 aromatic rings. The van der Waals surface area contributed by atoms with Gasteiger partial charge in [0.1, 0.15) is 5.75 Å². The first-order chi connectivity index (χ1) is 11.0. The van der Waals surface area contributed by atoms with E-state index in [1.54, 1.807) is 0 Å². The van der Waals surface area contributed by atoms with E-state index in [1.807, 2.05) is 0 Å². The second-order valence-corrected chi connectivity index (χ2v) is 16.8. The van der Waals surface area contributed by atoms with E-state index in [9.17, 15) is 0 Å². The van der Waals surface area contributed by atoms with E-state index < -0.39 is 8.07 Å². The maximum absolute atomic E-state index is 6.61.